The minimum Gasteiger partial charge on any atom is -0.369 e. The number of imide groups is 1. The number of carbonyl (C=O) groups is 2. The van der Waals surface area contributed by atoms with E-state index in [0.717, 1.165) is 23.1 Å². The number of anilines is 1. The second kappa shape index (κ2) is 7.31. The van der Waals surface area contributed by atoms with Crippen LogP contribution in [0.5, 0.6) is 0 Å². The van der Waals surface area contributed by atoms with Crippen LogP contribution in [0.25, 0.3) is 6.08 Å². The fourth-order valence-corrected chi connectivity index (χ4v) is 4.53. The molecule has 156 valence electrons. The lowest BCUT2D eigenvalue weighted by Crippen LogP contribution is -2.45. The number of rotatable bonds is 3. The minimum atomic E-state index is -0.374. The molecular formula is C25H29N3O2. The molecule has 1 fully saturated rings. The van der Waals surface area contributed by atoms with Crippen LogP contribution in [0.3, 0.4) is 0 Å². The van der Waals surface area contributed by atoms with Crippen molar-refractivity contribution in [3.05, 3.63) is 70.4 Å². The molecule has 4 rings (SSSR count). The molecular weight excluding hydrogens is 374 g/mol. The second-order valence-electron chi connectivity index (χ2n) is 9.11. The van der Waals surface area contributed by atoms with E-state index >= 15 is 0 Å². The lowest BCUT2D eigenvalue weighted by Gasteiger charge is -2.45. The van der Waals surface area contributed by atoms with Crippen LogP contribution in [0.1, 0.15) is 55.4 Å². The van der Waals surface area contributed by atoms with Crippen LogP contribution in [0, 0.1) is 6.92 Å². The molecule has 0 radical (unpaired) electrons. The number of hydrogen-bond donors (Lipinski definition) is 1. The molecule has 1 atom stereocenters. The Balaban J connectivity index is 1.65. The highest BCUT2D eigenvalue weighted by molar-refractivity contribution is 6.14. The number of aryl methyl sites for hydroxylation is 1. The van der Waals surface area contributed by atoms with Crippen molar-refractivity contribution in [2.24, 2.45) is 0 Å². The SMILES string of the molecule is Cc1cc2c(cc1/C=C1\NC(=O)N(Cc3ccccc3)C1=O)[C@H](C)CC(C)(C)N2C. The molecule has 5 nitrogen and oxygen atoms in total. The van der Waals surface area contributed by atoms with Gasteiger partial charge in [-0.15, -0.1) is 0 Å². The van der Waals surface area contributed by atoms with E-state index in [2.05, 4.69) is 57.1 Å². The van der Waals surface area contributed by atoms with Gasteiger partial charge in [0.15, 0.2) is 0 Å². The Morgan fingerprint density at radius 1 is 1.17 bits per heavy atom. The predicted molar refractivity (Wildman–Crippen MR) is 120 cm³/mol. The average Bonchev–Trinajstić information content (AvgIpc) is 2.95. The monoisotopic (exact) mass is 403 g/mol. The van der Waals surface area contributed by atoms with E-state index in [1.807, 2.05) is 36.4 Å². The van der Waals surface area contributed by atoms with Gasteiger partial charge in [-0.3, -0.25) is 9.69 Å². The summed E-state index contributed by atoms with van der Waals surface area (Å²) < 4.78 is 0. The molecule has 3 amide bonds. The van der Waals surface area contributed by atoms with Gasteiger partial charge in [0.1, 0.15) is 5.70 Å². The molecule has 0 aromatic heterocycles. The normalized spacial score (nSPS) is 21.8. The molecule has 2 aliphatic rings. The molecule has 2 aromatic rings. The molecule has 0 saturated carbocycles. The van der Waals surface area contributed by atoms with E-state index in [0.29, 0.717) is 11.6 Å². The van der Waals surface area contributed by atoms with Crippen LogP contribution in [0.15, 0.2) is 48.2 Å². The summed E-state index contributed by atoms with van der Waals surface area (Å²) in [6.45, 7) is 9.11. The van der Waals surface area contributed by atoms with Crippen molar-refractivity contribution in [1.82, 2.24) is 10.2 Å². The van der Waals surface area contributed by atoms with Gasteiger partial charge in [0.2, 0.25) is 0 Å². The number of nitrogens with one attached hydrogen (secondary N) is 1. The minimum absolute atomic E-state index is 0.103. The maximum Gasteiger partial charge on any atom is 0.329 e. The molecule has 0 aliphatic carbocycles. The van der Waals surface area contributed by atoms with Gasteiger partial charge in [0, 0.05) is 18.3 Å². The van der Waals surface area contributed by atoms with E-state index in [1.165, 1.54) is 16.2 Å². The van der Waals surface area contributed by atoms with Crippen LogP contribution in [-0.2, 0) is 11.3 Å². The van der Waals surface area contributed by atoms with Crippen molar-refractivity contribution in [1.29, 1.82) is 0 Å². The van der Waals surface area contributed by atoms with Gasteiger partial charge in [-0.2, -0.15) is 0 Å². The van der Waals surface area contributed by atoms with E-state index in [1.54, 1.807) is 0 Å². The highest BCUT2D eigenvalue weighted by atomic mass is 16.2. The third-order valence-corrected chi connectivity index (χ3v) is 6.47. The fourth-order valence-electron chi connectivity index (χ4n) is 4.53. The molecule has 5 heteroatoms. The van der Waals surface area contributed by atoms with E-state index in [9.17, 15) is 9.59 Å². The summed E-state index contributed by atoms with van der Waals surface area (Å²) in [6, 6.07) is 13.5. The van der Waals surface area contributed by atoms with Gasteiger partial charge in [-0.05, 0) is 73.6 Å². The first kappa shape index (κ1) is 20.2. The third kappa shape index (κ3) is 3.49. The van der Waals surface area contributed by atoms with E-state index in [-0.39, 0.29) is 24.0 Å². The number of fused-ring (bicyclic) bond motifs is 1. The lowest BCUT2D eigenvalue weighted by atomic mass is 9.79. The standard InChI is InChI=1S/C25H29N3O2/c1-16-11-22-20(17(2)14-25(3,4)27(22)5)12-19(16)13-21-23(29)28(24(30)26-21)15-18-9-7-6-8-10-18/h6-13,17H,14-15H2,1-5H3,(H,26,30)/b21-13-/t17-/m1/s1. The molecule has 2 heterocycles. The first-order valence-electron chi connectivity index (χ1n) is 10.4. The topological polar surface area (TPSA) is 52.7 Å². The highest BCUT2D eigenvalue weighted by Gasteiger charge is 2.36. The summed E-state index contributed by atoms with van der Waals surface area (Å²) in [6.07, 6.45) is 2.88. The first-order valence-corrected chi connectivity index (χ1v) is 10.4. The van der Waals surface area contributed by atoms with Crippen molar-refractivity contribution in [2.75, 3.05) is 11.9 Å². The molecule has 0 bridgehead atoms. The zero-order valence-electron chi connectivity index (χ0n) is 18.3. The fraction of sp³-hybridized carbons (Fsp3) is 0.360. The number of benzene rings is 2. The number of amides is 3. The largest absolute Gasteiger partial charge is 0.369 e. The third-order valence-electron chi connectivity index (χ3n) is 6.47. The van der Waals surface area contributed by atoms with Gasteiger partial charge in [-0.25, -0.2) is 4.79 Å². The van der Waals surface area contributed by atoms with Crippen molar-refractivity contribution < 1.29 is 9.59 Å². The summed E-state index contributed by atoms with van der Waals surface area (Å²) in [5.41, 5.74) is 5.94. The average molecular weight is 404 g/mol. The van der Waals surface area contributed by atoms with Crippen LogP contribution in [0.4, 0.5) is 10.5 Å². The van der Waals surface area contributed by atoms with Gasteiger partial charge in [-0.1, -0.05) is 37.3 Å². The lowest BCUT2D eigenvalue weighted by molar-refractivity contribution is -0.123. The maximum absolute atomic E-state index is 12.9. The number of nitrogens with zero attached hydrogens (tertiary/aromatic N) is 2. The Kier molecular flexibility index (Phi) is 4.92. The molecule has 0 unspecified atom stereocenters. The first-order chi connectivity index (χ1) is 14.2. The summed E-state index contributed by atoms with van der Waals surface area (Å²) >= 11 is 0. The summed E-state index contributed by atoms with van der Waals surface area (Å²) in [5.74, 6) is 0.139. The van der Waals surface area contributed by atoms with Crippen LogP contribution in [-0.4, -0.2) is 29.4 Å². The predicted octanol–water partition coefficient (Wildman–Crippen LogP) is 4.81. The smallest absolute Gasteiger partial charge is 0.329 e. The summed E-state index contributed by atoms with van der Waals surface area (Å²) in [7, 11) is 2.14. The Labute approximate surface area is 178 Å². The van der Waals surface area contributed by atoms with Gasteiger partial charge >= 0.3 is 6.03 Å². The van der Waals surface area contributed by atoms with Crippen molar-refractivity contribution in [2.45, 2.75) is 52.1 Å². The molecule has 2 aliphatic heterocycles. The van der Waals surface area contributed by atoms with Gasteiger partial charge < -0.3 is 10.2 Å². The number of hydrogen-bond acceptors (Lipinski definition) is 3. The Morgan fingerprint density at radius 3 is 2.57 bits per heavy atom. The van der Waals surface area contributed by atoms with Crippen LogP contribution in [0.2, 0.25) is 0 Å². The molecule has 2 aromatic carbocycles. The second-order valence-corrected chi connectivity index (χ2v) is 9.11. The maximum atomic E-state index is 12.9. The summed E-state index contributed by atoms with van der Waals surface area (Å²) in [4.78, 5) is 28.9. The molecule has 1 N–H and O–H groups in total. The van der Waals surface area contributed by atoms with Crippen molar-refractivity contribution in [3.63, 3.8) is 0 Å². The van der Waals surface area contributed by atoms with Crippen molar-refractivity contribution >= 4 is 23.7 Å². The van der Waals surface area contributed by atoms with E-state index < -0.39 is 0 Å². The molecule has 30 heavy (non-hydrogen) atoms. The van der Waals surface area contributed by atoms with Crippen LogP contribution < -0.4 is 10.2 Å². The zero-order chi connectivity index (χ0) is 21.6. The number of urea groups is 1. The summed E-state index contributed by atoms with van der Waals surface area (Å²) in [5, 5.41) is 2.75. The molecule has 0 spiro atoms. The van der Waals surface area contributed by atoms with E-state index in [4.69, 9.17) is 0 Å². The quantitative estimate of drug-likeness (QED) is 0.591. The Morgan fingerprint density at radius 2 is 1.87 bits per heavy atom. The van der Waals surface area contributed by atoms with Crippen molar-refractivity contribution in [3.8, 4) is 0 Å². The number of carbonyl (C=O) groups excluding carboxylic acids is 2. The zero-order valence-corrected chi connectivity index (χ0v) is 18.3. The Bertz CT molecular complexity index is 1040. The highest BCUT2D eigenvalue weighted by Crippen LogP contribution is 2.43. The van der Waals surface area contributed by atoms with Gasteiger partial charge in [0.05, 0.1) is 6.54 Å². The Hall–Kier alpha value is -3.08. The molecule has 1 saturated heterocycles. The van der Waals surface area contributed by atoms with Crippen LogP contribution >= 0.6 is 0 Å². The van der Waals surface area contributed by atoms with Gasteiger partial charge in [0.25, 0.3) is 5.91 Å².